The Labute approximate surface area is 293 Å². The molecule has 3 heterocycles. The summed E-state index contributed by atoms with van der Waals surface area (Å²) in [5.41, 5.74) is 0.913. The lowest BCUT2D eigenvalue weighted by Crippen LogP contribution is -2.55. The van der Waals surface area contributed by atoms with Crippen molar-refractivity contribution >= 4 is 35.2 Å². The minimum atomic E-state index is -3.91. The number of halogens is 2. The second kappa shape index (κ2) is 16.9. The summed E-state index contributed by atoms with van der Waals surface area (Å²) in [6.45, 7) is 2.68. The molecule has 1 aliphatic heterocycles. The minimum absolute atomic E-state index is 0.0930. The van der Waals surface area contributed by atoms with E-state index in [0.29, 0.717) is 30.8 Å². The van der Waals surface area contributed by atoms with Crippen LogP contribution in [0.5, 0.6) is 5.88 Å². The monoisotopic (exact) mass is 712 g/mol. The summed E-state index contributed by atoms with van der Waals surface area (Å²) in [7, 11) is 3.35. The molecule has 16 heteroatoms. The maximum absolute atomic E-state index is 15.2. The van der Waals surface area contributed by atoms with Gasteiger partial charge >= 0.3 is 5.92 Å². The molecule has 5 rings (SSSR count). The molecule has 1 saturated carbocycles. The smallest absolute Gasteiger partial charge is 0.351 e. The first-order chi connectivity index (χ1) is 24.0. The van der Waals surface area contributed by atoms with Crippen molar-refractivity contribution in [2.24, 2.45) is 5.92 Å². The molecule has 2 atom stereocenters. The lowest BCUT2D eigenvalue weighted by molar-refractivity contribution is -0.150. The highest BCUT2D eigenvalue weighted by atomic mass is 32.1. The van der Waals surface area contributed by atoms with Crippen molar-refractivity contribution in [1.82, 2.24) is 40.3 Å². The van der Waals surface area contributed by atoms with E-state index in [1.165, 1.54) is 19.4 Å². The summed E-state index contributed by atoms with van der Waals surface area (Å²) in [5.74, 6) is -6.79. The van der Waals surface area contributed by atoms with Crippen LogP contribution in [-0.2, 0) is 33.3 Å². The molecule has 0 radical (unpaired) electrons. The standard InChI is InChI=1S/C34H42F2N8O5S/c1-43-14-16-44(17-15-43)32(47)26(40-30(45)27-21-39-42-50-27)18-22-8-10-23(11-9-22)19-38-31(46)29(24-6-4-3-5-7-24)41-33(48)34(35,36)25-12-13-28(49-2)37-20-25/h8-13,20-21,24,26,29H,3-7,14-19H2,1-2H3,(H,38,46)(H,40,45)(H,41,48). The zero-order valence-electron chi connectivity index (χ0n) is 28.1. The van der Waals surface area contributed by atoms with Gasteiger partial charge in [0.2, 0.25) is 17.7 Å². The first-order valence-electron chi connectivity index (χ1n) is 16.7. The second-order valence-electron chi connectivity index (χ2n) is 12.7. The summed E-state index contributed by atoms with van der Waals surface area (Å²) >= 11 is 0.946. The van der Waals surface area contributed by atoms with E-state index in [4.69, 9.17) is 4.74 Å². The summed E-state index contributed by atoms with van der Waals surface area (Å²) in [5, 5.41) is 11.7. The fourth-order valence-corrected chi connectivity index (χ4v) is 6.61. The predicted octanol–water partition coefficient (Wildman–Crippen LogP) is 2.53. The average molecular weight is 713 g/mol. The molecule has 3 aromatic rings. The van der Waals surface area contributed by atoms with Crippen LogP contribution in [0.25, 0.3) is 0 Å². The number of ether oxygens (including phenoxy) is 1. The zero-order chi connectivity index (χ0) is 35.7. The number of rotatable bonds is 13. The SMILES string of the molecule is COc1ccc(C(F)(F)C(=O)NC(C(=O)NCc2ccc(CC(NC(=O)c3cnns3)C(=O)N3CCN(C)CC3)cc2)C2CCCCC2)cn1. The summed E-state index contributed by atoms with van der Waals surface area (Å²) in [6, 6.07) is 7.58. The van der Waals surface area contributed by atoms with Crippen LogP contribution < -0.4 is 20.7 Å². The molecule has 13 nitrogen and oxygen atoms in total. The van der Waals surface area contributed by atoms with Crippen LogP contribution >= 0.6 is 11.5 Å². The van der Waals surface area contributed by atoms with Gasteiger partial charge in [-0.3, -0.25) is 19.2 Å². The van der Waals surface area contributed by atoms with E-state index in [0.717, 1.165) is 67.3 Å². The lowest BCUT2D eigenvalue weighted by Gasteiger charge is -2.34. The number of nitrogens with zero attached hydrogens (tertiary/aromatic N) is 5. The molecule has 2 unspecified atom stereocenters. The van der Waals surface area contributed by atoms with Crippen molar-refractivity contribution in [1.29, 1.82) is 0 Å². The molecule has 3 N–H and O–H groups in total. The van der Waals surface area contributed by atoms with Gasteiger partial charge < -0.3 is 30.5 Å². The van der Waals surface area contributed by atoms with Gasteiger partial charge in [0, 0.05) is 57.0 Å². The van der Waals surface area contributed by atoms with E-state index in [2.05, 4.69) is 35.4 Å². The third-order valence-electron chi connectivity index (χ3n) is 9.22. The number of carbonyl (C=O) groups is 4. The van der Waals surface area contributed by atoms with E-state index in [9.17, 15) is 19.2 Å². The molecule has 2 aromatic heterocycles. The van der Waals surface area contributed by atoms with E-state index >= 15 is 8.78 Å². The lowest BCUT2D eigenvalue weighted by atomic mass is 9.83. The van der Waals surface area contributed by atoms with Crippen molar-refractivity contribution in [3.63, 3.8) is 0 Å². The molecule has 2 fully saturated rings. The number of hydrogen-bond acceptors (Lipinski definition) is 10. The van der Waals surface area contributed by atoms with Gasteiger partial charge in [-0.2, -0.15) is 8.78 Å². The number of nitrogens with one attached hydrogen (secondary N) is 3. The van der Waals surface area contributed by atoms with Crippen LogP contribution in [0.4, 0.5) is 8.78 Å². The normalized spacial score (nSPS) is 17.0. The molecule has 0 spiro atoms. The molecule has 1 saturated heterocycles. The Balaban J connectivity index is 1.23. The summed E-state index contributed by atoms with van der Waals surface area (Å²) in [6.07, 6.45) is 6.40. The van der Waals surface area contributed by atoms with Gasteiger partial charge in [0.05, 0.1) is 13.3 Å². The van der Waals surface area contributed by atoms with E-state index < -0.39 is 41.3 Å². The second-order valence-corrected chi connectivity index (χ2v) is 13.5. The van der Waals surface area contributed by atoms with Crippen LogP contribution in [0.3, 0.4) is 0 Å². The van der Waals surface area contributed by atoms with Crippen molar-refractivity contribution in [2.45, 2.75) is 63.1 Å². The number of aromatic nitrogens is 3. The Hall–Kier alpha value is -4.57. The number of carbonyl (C=O) groups excluding carboxylic acids is 4. The third-order valence-corrected chi connectivity index (χ3v) is 9.88. The van der Waals surface area contributed by atoms with E-state index in [-0.39, 0.29) is 30.7 Å². The molecule has 1 aliphatic carbocycles. The highest BCUT2D eigenvalue weighted by molar-refractivity contribution is 7.07. The number of amides is 4. The Morgan fingerprint density at radius 1 is 0.960 bits per heavy atom. The van der Waals surface area contributed by atoms with Gasteiger partial charge in [0.1, 0.15) is 17.0 Å². The minimum Gasteiger partial charge on any atom is -0.481 e. The van der Waals surface area contributed by atoms with Crippen molar-refractivity contribution in [2.75, 3.05) is 40.3 Å². The fourth-order valence-electron chi connectivity index (χ4n) is 6.19. The maximum Gasteiger partial charge on any atom is 0.351 e. The molecule has 50 heavy (non-hydrogen) atoms. The predicted molar refractivity (Wildman–Crippen MR) is 180 cm³/mol. The van der Waals surface area contributed by atoms with Gasteiger partial charge in [-0.15, -0.1) is 5.10 Å². The number of likely N-dealkylation sites (N-methyl/N-ethyl adjacent to an activating group) is 1. The van der Waals surface area contributed by atoms with Crippen molar-refractivity contribution in [3.8, 4) is 5.88 Å². The number of hydrogen-bond donors (Lipinski definition) is 3. The highest BCUT2D eigenvalue weighted by Gasteiger charge is 2.44. The van der Waals surface area contributed by atoms with Crippen LogP contribution in [0.1, 0.15) is 58.5 Å². The summed E-state index contributed by atoms with van der Waals surface area (Å²) in [4.78, 5) is 60.7. The van der Waals surface area contributed by atoms with Gasteiger partial charge in [0.25, 0.3) is 11.8 Å². The van der Waals surface area contributed by atoms with Crippen LogP contribution in [0.15, 0.2) is 48.8 Å². The molecule has 268 valence electrons. The number of methoxy groups -OCH3 is 1. The molecule has 1 aromatic carbocycles. The van der Waals surface area contributed by atoms with Gasteiger partial charge in [-0.05, 0) is 54.5 Å². The first-order valence-corrected chi connectivity index (χ1v) is 17.4. The highest BCUT2D eigenvalue weighted by Crippen LogP contribution is 2.31. The number of piperazine rings is 1. The molecule has 4 amide bonds. The third kappa shape index (κ3) is 9.35. The summed E-state index contributed by atoms with van der Waals surface area (Å²) < 4.78 is 39.0. The quantitative estimate of drug-likeness (QED) is 0.242. The Kier molecular flexibility index (Phi) is 12.4. The van der Waals surface area contributed by atoms with Gasteiger partial charge in [0.15, 0.2) is 0 Å². The molecule has 2 aliphatic rings. The van der Waals surface area contributed by atoms with Crippen molar-refractivity contribution < 1.29 is 32.7 Å². The number of pyridine rings is 1. The molecular formula is C34H42F2N8O5S. The van der Waals surface area contributed by atoms with Gasteiger partial charge in [-0.25, -0.2) is 4.98 Å². The Bertz CT molecular complexity index is 1600. The average Bonchev–Trinajstić information content (AvgIpc) is 3.69. The van der Waals surface area contributed by atoms with E-state index in [1.807, 2.05) is 19.2 Å². The first kappa shape index (κ1) is 36.7. The van der Waals surface area contributed by atoms with Crippen molar-refractivity contribution in [3.05, 3.63) is 70.4 Å². The number of alkyl halides is 2. The molecular weight excluding hydrogens is 670 g/mol. The largest absolute Gasteiger partial charge is 0.481 e. The van der Waals surface area contributed by atoms with Crippen LogP contribution in [0.2, 0.25) is 0 Å². The van der Waals surface area contributed by atoms with Gasteiger partial charge in [-0.1, -0.05) is 48.0 Å². The Morgan fingerprint density at radius 3 is 2.28 bits per heavy atom. The maximum atomic E-state index is 15.2. The topological polar surface area (TPSA) is 159 Å². The number of benzene rings is 1. The fraction of sp³-hybridized carbons (Fsp3) is 0.500. The Morgan fingerprint density at radius 2 is 1.66 bits per heavy atom. The van der Waals surface area contributed by atoms with Crippen LogP contribution in [-0.4, -0.2) is 100 Å². The van der Waals surface area contributed by atoms with E-state index in [1.54, 1.807) is 17.0 Å². The zero-order valence-corrected chi connectivity index (χ0v) is 28.9. The van der Waals surface area contributed by atoms with Crippen LogP contribution in [0, 0.1) is 5.92 Å². The molecule has 0 bridgehead atoms.